The number of nitrogens with zero attached hydrogens (tertiary/aromatic N) is 5. The topological polar surface area (TPSA) is 69.8 Å². The lowest BCUT2D eigenvalue weighted by molar-refractivity contribution is 0.198. The van der Waals surface area contributed by atoms with Crippen molar-refractivity contribution in [2.75, 3.05) is 26.2 Å². The Morgan fingerprint density at radius 3 is 2.75 bits per heavy atom. The zero-order chi connectivity index (χ0) is 21.5. The van der Waals surface area contributed by atoms with Crippen molar-refractivity contribution >= 4 is 35.6 Å². The van der Waals surface area contributed by atoms with Crippen LogP contribution in [-0.2, 0) is 13.0 Å². The molecule has 2 N–H and O–H groups in total. The quantitative estimate of drug-likeness (QED) is 0.270. The van der Waals surface area contributed by atoms with Crippen LogP contribution >= 0.6 is 24.0 Å². The molecule has 3 aromatic rings. The predicted octanol–water partition coefficient (Wildman–Crippen LogP) is 3.42. The van der Waals surface area contributed by atoms with Crippen LogP contribution in [0, 0.1) is 6.92 Å². The van der Waals surface area contributed by atoms with E-state index < -0.39 is 0 Å². The van der Waals surface area contributed by atoms with Crippen molar-refractivity contribution in [1.29, 1.82) is 0 Å². The van der Waals surface area contributed by atoms with Gasteiger partial charge in [-0.3, -0.25) is 14.3 Å². The number of hydrogen-bond acceptors (Lipinski definition) is 4. The van der Waals surface area contributed by atoms with Gasteiger partial charge in [-0.1, -0.05) is 35.9 Å². The molecule has 0 bridgehead atoms. The van der Waals surface area contributed by atoms with Gasteiger partial charge in [0.2, 0.25) is 0 Å². The molecule has 4 rings (SSSR count). The Kier molecular flexibility index (Phi) is 9.28. The first-order valence-electron chi connectivity index (χ1n) is 11.3. The number of rotatable bonds is 7. The first kappa shape index (κ1) is 24.4. The van der Waals surface area contributed by atoms with Crippen LogP contribution < -0.4 is 10.6 Å². The molecule has 1 aromatic carbocycles. The number of benzene rings is 1. The first-order chi connectivity index (χ1) is 15.2. The molecule has 0 unspecified atom stereocenters. The average molecular weight is 547 g/mol. The van der Waals surface area contributed by atoms with Crippen LogP contribution in [0.5, 0.6) is 0 Å². The summed E-state index contributed by atoms with van der Waals surface area (Å²) in [6.45, 7) is 9.05. The summed E-state index contributed by atoms with van der Waals surface area (Å²) in [5.74, 6) is 1.84. The molecule has 0 aliphatic carbocycles. The fraction of sp³-hybridized carbons (Fsp3) is 0.458. The van der Waals surface area contributed by atoms with Gasteiger partial charge >= 0.3 is 0 Å². The highest BCUT2D eigenvalue weighted by molar-refractivity contribution is 14.0. The molecule has 0 atom stereocenters. The fourth-order valence-electron chi connectivity index (χ4n) is 4.15. The van der Waals surface area contributed by atoms with Crippen LogP contribution in [0.3, 0.4) is 0 Å². The van der Waals surface area contributed by atoms with Crippen molar-refractivity contribution in [3.8, 4) is 0 Å². The largest absolute Gasteiger partial charge is 0.357 e. The van der Waals surface area contributed by atoms with Crippen LogP contribution in [0.15, 0.2) is 53.7 Å². The van der Waals surface area contributed by atoms with E-state index in [1.807, 2.05) is 28.8 Å². The Balaban J connectivity index is 0.00000289. The van der Waals surface area contributed by atoms with Gasteiger partial charge in [-0.15, -0.1) is 34.2 Å². The molecule has 0 saturated carbocycles. The molecule has 8 heteroatoms. The van der Waals surface area contributed by atoms with Crippen LogP contribution in [0.1, 0.15) is 36.7 Å². The molecule has 7 nitrogen and oxygen atoms in total. The highest BCUT2D eigenvalue weighted by atomic mass is 127. The van der Waals surface area contributed by atoms with Crippen molar-refractivity contribution in [1.82, 2.24) is 30.1 Å². The number of likely N-dealkylation sites (tertiary alicyclic amines) is 1. The van der Waals surface area contributed by atoms with Gasteiger partial charge in [0, 0.05) is 51.4 Å². The lowest BCUT2D eigenvalue weighted by Gasteiger charge is -2.33. The Morgan fingerprint density at radius 1 is 1.12 bits per heavy atom. The van der Waals surface area contributed by atoms with E-state index in [1.165, 1.54) is 11.1 Å². The summed E-state index contributed by atoms with van der Waals surface area (Å²) in [4.78, 5) is 7.33. The van der Waals surface area contributed by atoms with E-state index in [4.69, 9.17) is 4.99 Å². The van der Waals surface area contributed by atoms with E-state index in [0.717, 1.165) is 62.9 Å². The summed E-state index contributed by atoms with van der Waals surface area (Å²) in [6.07, 6.45) is 5.02. The number of piperidine rings is 1. The molecular weight excluding hydrogens is 513 g/mol. The summed E-state index contributed by atoms with van der Waals surface area (Å²) >= 11 is 0. The molecule has 1 aliphatic rings. The molecule has 3 heterocycles. The van der Waals surface area contributed by atoms with Gasteiger partial charge in [0.25, 0.3) is 0 Å². The Hall–Kier alpha value is -2.20. The number of aromatic nitrogens is 3. The first-order valence-corrected chi connectivity index (χ1v) is 11.3. The van der Waals surface area contributed by atoms with Crippen LogP contribution in [0.4, 0.5) is 0 Å². The number of nitrogens with one attached hydrogen (secondary N) is 2. The summed E-state index contributed by atoms with van der Waals surface area (Å²) in [5, 5.41) is 15.5. The maximum Gasteiger partial charge on any atom is 0.191 e. The van der Waals surface area contributed by atoms with Crippen LogP contribution in [0.25, 0.3) is 5.65 Å². The maximum absolute atomic E-state index is 4.79. The summed E-state index contributed by atoms with van der Waals surface area (Å²) in [7, 11) is 0. The van der Waals surface area contributed by atoms with Gasteiger partial charge in [0.15, 0.2) is 11.6 Å². The second-order valence-electron chi connectivity index (χ2n) is 8.24. The summed E-state index contributed by atoms with van der Waals surface area (Å²) in [5.41, 5.74) is 3.62. The highest BCUT2D eigenvalue weighted by Gasteiger charge is 2.20. The SMILES string of the molecule is CCNC(=NCCc1nnc2ccccn12)NC1CCN(Cc2cccc(C)c2)CC1.I. The molecule has 1 fully saturated rings. The minimum absolute atomic E-state index is 0. The lowest BCUT2D eigenvalue weighted by Crippen LogP contribution is -2.48. The van der Waals surface area contributed by atoms with Crippen molar-refractivity contribution in [2.45, 2.75) is 45.7 Å². The van der Waals surface area contributed by atoms with Crippen molar-refractivity contribution < 1.29 is 0 Å². The van der Waals surface area contributed by atoms with E-state index in [2.05, 4.69) is 63.8 Å². The molecule has 2 aromatic heterocycles. The molecular formula is C24H34IN7. The third-order valence-corrected chi connectivity index (χ3v) is 5.75. The molecule has 1 saturated heterocycles. The number of halogens is 1. The molecule has 32 heavy (non-hydrogen) atoms. The molecule has 1 aliphatic heterocycles. The molecule has 0 amide bonds. The zero-order valence-electron chi connectivity index (χ0n) is 19.0. The average Bonchev–Trinajstić information content (AvgIpc) is 3.18. The van der Waals surface area contributed by atoms with Gasteiger partial charge in [0.05, 0.1) is 0 Å². The molecule has 0 radical (unpaired) electrons. The minimum atomic E-state index is 0. The van der Waals surface area contributed by atoms with Gasteiger partial charge in [-0.05, 0) is 44.4 Å². The number of pyridine rings is 1. The van der Waals surface area contributed by atoms with Crippen LogP contribution in [0.2, 0.25) is 0 Å². The van der Waals surface area contributed by atoms with Crippen molar-refractivity contribution in [3.63, 3.8) is 0 Å². The van der Waals surface area contributed by atoms with E-state index in [1.54, 1.807) is 0 Å². The van der Waals surface area contributed by atoms with Gasteiger partial charge in [-0.2, -0.15) is 0 Å². The third-order valence-electron chi connectivity index (χ3n) is 5.75. The van der Waals surface area contributed by atoms with Gasteiger partial charge in [0.1, 0.15) is 5.82 Å². The van der Waals surface area contributed by atoms with E-state index in [-0.39, 0.29) is 24.0 Å². The maximum atomic E-state index is 4.79. The van der Waals surface area contributed by atoms with Gasteiger partial charge < -0.3 is 10.6 Å². The smallest absolute Gasteiger partial charge is 0.191 e. The highest BCUT2D eigenvalue weighted by Crippen LogP contribution is 2.15. The normalized spacial score (nSPS) is 15.5. The predicted molar refractivity (Wildman–Crippen MR) is 141 cm³/mol. The number of guanidine groups is 1. The fourth-order valence-corrected chi connectivity index (χ4v) is 4.15. The number of aryl methyl sites for hydroxylation is 1. The van der Waals surface area contributed by atoms with E-state index in [9.17, 15) is 0 Å². The standard InChI is InChI=1S/C24H33N7.HI/c1-3-25-24(26-13-10-23-29-28-22-9-4-5-14-31(22)23)27-21-11-15-30(16-12-21)18-20-8-6-7-19(2)17-20;/h4-9,14,17,21H,3,10-13,15-16,18H2,1-2H3,(H2,25,26,27);1H. The summed E-state index contributed by atoms with van der Waals surface area (Å²) in [6, 6.07) is 15.2. The number of fused-ring (bicyclic) bond motifs is 1. The van der Waals surface area contributed by atoms with Crippen molar-refractivity contribution in [2.24, 2.45) is 4.99 Å². The number of aliphatic imine (C=N–C) groups is 1. The lowest BCUT2D eigenvalue weighted by atomic mass is 10.0. The zero-order valence-corrected chi connectivity index (χ0v) is 21.3. The van der Waals surface area contributed by atoms with Crippen LogP contribution in [-0.4, -0.2) is 57.7 Å². The molecule has 172 valence electrons. The second kappa shape index (κ2) is 12.2. The van der Waals surface area contributed by atoms with Crippen molar-refractivity contribution in [3.05, 3.63) is 65.6 Å². The monoisotopic (exact) mass is 547 g/mol. The Morgan fingerprint density at radius 2 is 1.97 bits per heavy atom. The number of hydrogen-bond donors (Lipinski definition) is 2. The Labute approximate surface area is 207 Å². The minimum Gasteiger partial charge on any atom is -0.357 e. The van der Waals surface area contributed by atoms with E-state index >= 15 is 0 Å². The summed E-state index contributed by atoms with van der Waals surface area (Å²) < 4.78 is 2.03. The second-order valence-corrected chi connectivity index (χ2v) is 8.24. The van der Waals surface area contributed by atoms with Gasteiger partial charge in [-0.25, -0.2) is 0 Å². The third kappa shape index (κ3) is 6.65. The Bertz CT molecular complexity index is 1010. The molecule has 0 spiro atoms. The van der Waals surface area contributed by atoms with E-state index in [0.29, 0.717) is 12.6 Å².